The van der Waals surface area contributed by atoms with Crippen LogP contribution in [0.5, 0.6) is 5.75 Å². The number of likely N-dealkylation sites (tertiary alicyclic amines) is 1. The van der Waals surface area contributed by atoms with Crippen molar-refractivity contribution >= 4 is 15.9 Å². The first-order chi connectivity index (χ1) is 11.5. The second-order valence-corrected chi connectivity index (χ2v) is 9.69. The van der Waals surface area contributed by atoms with E-state index < -0.39 is 15.4 Å². The van der Waals surface area contributed by atoms with Gasteiger partial charge in [-0.15, -0.1) is 0 Å². The van der Waals surface area contributed by atoms with Crippen molar-refractivity contribution in [3.8, 4) is 5.75 Å². The molecule has 0 spiro atoms. The summed E-state index contributed by atoms with van der Waals surface area (Å²) in [4.78, 5) is 14.2. The molecule has 0 aromatic heterocycles. The van der Waals surface area contributed by atoms with E-state index in [4.69, 9.17) is 9.47 Å². The molecule has 1 fully saturated rings. The maximum absolute atomic E-state index is 12.2. The van der Waals surface area contributed by atoms with Crippen molar-refractivity contribution in [1.29, 1.82) is 0 Å². The summed E-state index contributed by atoms with van der Waals surface area (Å²) in [6.45, 7) is 9.36. The maximum Gasteiger partial charge on any atom is 0.410 e. The van der Waals surface area contributed by atoms with Gasteiger partial charge in [0.15, 0.2) is 9.84 Å². The number of hydrogen-bond acceptors (Lipinski definition) is 5. The highest BCUT2D eigenvalue weighted by atomic mass is 32.2. The van der Waals surface area contributed by atoms with E-state index in [1.54, 1.807) is 17.0 Å². The SMILES string of the molecule is CC1CN(C(=O)OC(C)(C)C)CC1COc1ccc(S(C)(=O)=O)cc1. The Morgan fingerprint density at radius 1 is 1.20 bits per heavy atom. The van der Waals surface area contributed by atoms with Crippen LogP contribution in [-0.2, 0) is 14.6 Å². The van der Waals surface area contributed by atoms with Gasteiger partial charge in [0.25, 0.3) is 0 Å². The molecule has 1 amide bonds. The van der Waals surface area contributed by atoms with Gasteiger partial charge in [0, 0.05) is 25.3 Å². The first-order valence-electron chi connectivity index (χ1n) is 8.36. The van der Waals surface area contributed by atoms with E-state index in [0.717, 1.165) is 0 Å². The highest BCUT2D eigenvalue weighted by molar-refractivity contribution is 7.90. The molecule has 1 saturated heterocycles. The van der Waals surface area contributed by atoms with Crippen molar-refractivity contribution in [2.45, 2.75) is 38.2 Å². The molecule has 0 bridgehead atoms. The van der Waals surface area contributed by atoms with E-state index in [1.165, 1.54) is 18.4 Å². The quantitative estimate of drug-likeness (QED) is 0.816. The number of rotatable bonds is 4. The average Bonchev–Trinajstić information content (AvgIpc) is 2.84. The number of nitrogens with zero attached hydrogens (tertiary/aromatic N) is 1. The van der Waals surface area contributed by atoms with Crippen molar-refractivity contribution in [1.82, 2.24) is 4.90 Å². The number of sulfone groups is 1. The zero-order chi connectivity index (χ0) is 18.8. The Kier molecular flexibility index (Phi) is 5.66. The fourth-order valence-corrected chi connectivity index (χ4v) is 3.34. The maximum atomic E-state index is 12.2. The van der Waals surface area contributed by atoms with Gasteiger partial charge in [-0.25, -0.2) is 13.2 Å². The number of carbonyl (C=O) groups excluding carboxylic acids is 1. The van der Waals surface area contributed by atoms with Gasteiger partial charge in [0.2, 0.25) is 0 Å². The summed E-state index contributed by atoms with van der Waals surface area (Å²) >= 11 is 0. The molecule has 0 aliphatic carbocycles. The lowest BCUT2D eigenvalue weighted by Crippen LogP contribution is -2.35. The van der Waals surface area contributed by atoms with Gasteiger partial charge in [-0.2, -0.15) is 0 Å². The first kappa shape index (κ1) is 19.6. The van der Waals surface area contributed by atoms with Crippen molar-refractivity contribution in [3.05, 3.63) is 24.3 Å². The standard InChI is InChI=1S/C18H27NO5S/c1-13-10-19(17(20)24-18(2,3)4)11-14(13)12-23-15-6-8-16(9-7-15)25(5,21)22/h6-9,13-14H,10-12H2,1-5H3. The fraction of sp³-hybridized carbons (Fsp3) is 0.611. The second kappa shape index (κ2) is 7.23. The van der Waals surface area contributed by atoms with Gasteiger partial charge in [-0.3, -0.25) is 0 Å². The van der Waals surface area contributed by atoms with Crippen LogP contribution in [0.15, 0.2) is 29.2 Å². The van der Waals surface area contributed by atoms with Crippen LogP contribution in [0.1, 0.15) is 27.7 Å². The molecule has 140 valence electrons. The van der Waals surface area contributed by atoms with Gasteiger partial charge < -0.3 is 14.4 Å². The van der Waals surface area contributed by atoms with E-state index in [0.29, 0.717) is 31.4 Å². The number of carbonyl (C=O) groups is 1. The van der Waals surface area contributed by atoms with Crippen LogP contribution in [0.2, 0.25) is 0 Å². The number of ether oxygens (including phenoxy) is 2. The van der Waals surface area contributed by atoms with Crippen LogP contribution in [0.4, 0.5) is 4.79 Å². The molecule has 2 unspecified atom stereocenters. The molecule has 1 aliphatic rings. The topological polar surface area (TPSA) is 72.9 Å². The van der Waals surface area contributed by atoms with Gasteiger partial charge in [0.05, 0.1) is 11.5 Å². The zero-order valence-corrected chi connectivity index (χ0v) is 16.3. The first-order valence-corrected chi connectivity index (χ1v) is 10.3. The third kappa shape index (κ3) is 5.63. The third-order valence-corrected chi connectivity index (χ3v) is 5.26. The summed E-state index contributed by atoms with van der Waals surface area (Å²) in [6, 6.07) is 6.38. The highest BCUT2D eigenvalue weighted by Gasteiger charge is 2.35. The molecule has 2 atom stereocenters. The monoisotopic (exact) mass is 369 g/mol. The Bertz CT molecular complexity index is 706. The molecule has 1 heterocycles. The lowest BCUT2D eigenvalue weighted by atomic mass is 9.99. The molecule has 6 nitrogen and oxygen atoms in total. The lowest BCUT2D eigenvalue weighted by molar-refractivity contribution is 0.0282. The van der Waals surface area contributed by atoms with Crippen LogP contribution in [-0.4, -0.2) is 51.0 Å². The molecule has 1 aliphatic heterocycles. The highest BCUT2D eigenvalue weighted by Crippen LogP contribution is 2.26. The van der Waals surface area contributed by atoms with Crippen molar-refractivity contribution in [2.75, 3.05) is 26.0 Å². The van der Waals surface area contributed by atoms with Crippen molar-refractivity contribution in [2.24, 2.45) is 11.8 Å². The summed E-state index contributed by atoms with van der Waals surface area (Å²) in [5, 5.41) is 0. The summed E-state index contributed by atoms with van der Waals surface area (Å²) in [7, 11) is -3.20. The van der Waals surface area contributed by atoms with E-state index in [1.807, 2.05) is 20.8 Å². The van der Waals surface area contributed by atoms with E-state index in [9.17, 15) is 13.2 Å². The van der Waals surface area contributed by atoms with Crippen molar-refractivity contribution in [3.63, 3.8) is 0 Å². The summed E-state index contributed by atoms with van der Waals surface area (Å²) in [5.74, 6) is 1.14. The Morgan fingerprint density at radius 3 is 2.32 bits per heavy atom. The minimum absolute atomic E-state index is 0.210. The van der Waals surface area contributed by atoms with E-state index in [-0.39, 0.29) is 16.9 Å². The summed E-state index contributed by atoms with van der Waals surface area (Å²) < 4.78 is 34.1. The number of benzene rings is 1. The van der Waals surface area contributed by atoms with Crippen LogP contribution in [0.3, 0.4) is 0 Å². The Hall–Kier alpha value is -1.76. The van der Waals surface area contributed by atoms with Crippen molar-refractivity contribution < 1.29 is 22.7 Å². The normalized spacial score (nSPS) is 21.2. The van der Waals surface area contributed by atoms with Gasteiger partial charge >= 0.3 is 6.09 Å². The molecular formula is C18H27NO5S. The number of hydrogen-bond donors (Lipinski definition) is 0. The molecule has 7 heteroatoms. The van der Waals surface area contributed by atoms with Crippen LogP contribution < -0.4 is 4.74 Å². The molecule has 0 radical (unpaired) electrons. The minimum Gasteiger partial charge on any atom is -0.493 e. The number of amides is 1. The molecule has 25 heavy (non-hydrogen) atoms. The molecule has 1 aromatic rings. The largest absolute Gasteiger partial charge is 0.493 e. The van der Waals surface area contributed by atoms with Gasteiger partial charge in [-0.1, -0.05) is 6.92 Å². The molecule has 0 saturated carbocycles. The molecular weight excluding hydrogens is 342 g/mol. The predicted molar refractivity (Wildman–Crippen MR) is 95.5 cm³/mol. The van der Waals surface area contributed by atoms with E-state index >= 15 is 0 Å². The molecule has 2 rings (SSSR count). The van der Waals surface area contributed by atoms with Gasteiger partial charge in [0.1, 0.15) is 11.4 Å². The smallest absolute Gasteiger partial charge is 0.410 e. The Balaban J connectivity index is 1.90. The summed E-state index contributed by atoms with van der Waals surface area (Å²) in [5.41, 5.74) is -0.504. The Labute approximate surface area is 150 Å². The fourth-order valence-electron chi connectivity index (χ4n) is 2.71. The van der Waals surface area contributed by atoms with Crippen LogP contribution in [0.25, 0.3) is 0 Å². The van der Waals surface area contributed by atoms with E-state index in [2.05, 4.69) is 6.92 Å². The molecule has 0 N–H and O–H groups in total. The summed E-state index contributed by atoms with van der Waals surface area (Å²) in [6.07, 6.45) is 0.883. The van der Waals surface area contributed by atoms with Gasteiger partial charge in [-0.05, 0) is 51.0 Å². The minimum atomic E-state index is -3.20. The third-order valence-electron chi connectivity index (χ3n) is 4.14. The van der Waals surface area contributed by atoms with Crippen LogP contribution >= 0.6 is 0 Å². The molecule has 1 aromatic carbocycles. The lowest BCUT2D eigenvalue weighted by Gasteiger charge is -2.24. The Morgan fingerprint density at radius 2 is 1.80 bits per heavy atom. The van der Waals surface area contributed by atoms with Crippen LogP contribution in [0, 0.1) is 11.8 Å². The average molecular weight is 369 g/mol. The zero-order valence-electron chi connectivity index (χ0n) is 15.5. The predicted octanol–water partition coefficient (Wildman–Crippen LogP) is 2.97. The second-order valence-electron chi connectivity index (χ2n) is 7.68.